The quantitative estimate of drug-likeness (QED) is 0.525. The molecule has 33 heavy (non-hydrogen) atoms. The van der Waals surface area contributed by atoms with Crippen LogP contribution in [0.25, 0.3) is 0 Å². The van der Waals surface area contributed by atoms with Gasteiger partial charge in [-0.05, 0) is 41.8 Å². The second kappa shape index (κ2) is 10.1. The molecule has 3 rings (SSSR count). The van der Waals surface area contributed by atoms with Crippen molar-refractivity contribution in [3.8, 4) is 11.8 Å². The van der Waals surface area contributed by atoms with Crippen LogP contribution in [0, 0.1) is 23.1 Å². The summed E-state index contributed by atoms with van der Waals surface area (Å²) in [6.45, 7) is 3.32. The van der Waals surface area contributed by atoms with Gasteiger partial charge in [0.2, 0.25) is 5.91 Å². The van der Waals surface area contributed by atoms with E-state index >= 15 is 0 Å². The molecule has 1 saturated heterocycles. The molecule has 2 atom stereocenters. The number of halogens is 1. The number of carbonyl (C=O) groups is 3. The molecule has 9 nitrogen and oxygen atoms in total. The fraction of sp³-hybridized carbons (Fsp3) is 0.304. The summed E-state index contributed by atoms with van der Waals surface area (Å²) >= 11 is 0. The Morgan fingerprint density at radius 3 is 2.55 bits per heavy atom. The number of amides is 4. The molecule has 0 bridgehead atoms. The van der Waals surface area contributed by atoms with Crippen molar-refractivity contribution in [3.63, 3.8) is 0 Å². The molecule has 2 aromatic rings. The minimum absolute atomic E-state index is 0.0932. The zero-order valence-corrected chi connectivity index (χ0v) is 18.0. The molecule has 0 aliphatic carbocycles. The first-order chi connectivity index (χ1) is 15.8. The van der Waals surface area contributed by atoms with Crippen LogP contribution in [0.1, 0.15) is 31.0 Å². The SMILES string of the molecule is CC(C)C(C(=O)Nc1ccc(C#N)cc1F)N1C(=O)NC(c2ccc(OCCO)cc2)C1=O. The number of nitriles is 1. The largest absolute Gasteiger partial charge is 0.491 e. The summed E-state index contributed by atoms with van der Waals surface area (Å²) in [6, 6.07) is 8.88. The lowest BCUT2D eigenvalue weighted by Gasteiger charge is -2.27. The van der Waals surface area contributed by atoms with Crippen molar-refractivity contribution in [2.24, 2.45) is 5.92 Å². The number of carbonyl (C=O) groups excluding carboxylic acids is 3. The Kier molecular flexibility index (Phi) is 7.25. The number of urea groups is 1. The second-order valence-electron chi connectivity index (χ2n) is 7.72. The van der Waals surface area contributed by atoms with Crippen molar-refractivity contribution in [2.45, 2.75) is 25.9 Å². The predicted molar refractivity (Wildman–Crippen MR) is 116 cm³/mol. The van der Waals surface area contributed by atoms with E-state index < -0.39 is 41.7 Å². The summed E-state index contributed by atoms with van der Waals surface area (Å²) in [4.78, 5) is 39.6. The van der Waals surface area contributed by atoms with E-state index in [0.29, 0.717) is 11.3 Å². The van der Waals surface area contributed by atoms with Gasteiger partial charge in [0.1, 0.15) is 30.3 Å². The van der Waals surface area contributed by atoms with Gasteiger partial charge in [0.05, 0.1) is 23.9 Å². The zero-order chi connectivity index (χ0) is 24.1. The Hall–Kier alpha value is -3.97. The van der Waals surface area contributed by atoms with Crippen LogP contribution in [-0.2, 0) is 9.59 Å². The molecule has 2 unspecified atom stereocenters. The molecule has 10 heteroatoms. The van der Waals surface area contributed by atoms with Crippen LogP contribution in [0.2, 0.25) is 0 Å². The van der Waals surface area contributed by atoms with Gasteiger partial charge in [-0.3, -0.25) is 9.59 Å². The Labute approximate surface area is 189 Å². The van der Waals surface area contributed by atoms with Gasteiger partial charge >= 0.3 is 6.03 Å². The third-order valence-corrected chi connectivity index (χ3v) is 5.08. The third kappa shape index (κ3) is 5.10. The average molecular weight is 454 g/mol. The summed E-state index contributed by atoms with van der Waals surface area (Å²) in [7, 11) is 0. The van der Waals surface area contributed by atoms with Crippen LogP contribution in [0.3, 0.4) is 0 Å². The number of ether oxygens (including phenoxy) is 1. The van der Waals surface area contributed by atoms with E-state index in [-0.39, 0.29) is 24.5 Å². The maximum Gasteiger partial charge on any atom is 0.325 e. The molecule has 4 amide bonds. The zero-order valence-electron chi connectivity index (χ0n) is 18.0. The van der Waals surface area contributed by atoms with Crippen molar-refractivity contribution >= 4 is 23.5 Å². The van der Waals surface area contributed by atoms with E-state index in [9.17, 15) is 18.8 Å². The van der Waals surface area contributed by atoms with Crippen LogP contribution < -0.4 is 15.4 Å². The number of aliphatic hydroxyl groups excluding tert-OH is 1. The number of hydrogen-bond acceptors (Lipinski definition) is 6. The van der Waals surface area contributed by atoms with Crippen LogP contribution >= 0.6 is 0 Å². The number of aliphatic hydroxyl groups is 1. The Bertz CT molecular complexity index is 1100. The minimum Gasteiger partial charge on any atom is -0.491 e. The van der Waals surface area contributed by atoms with E-state index in [1.807, 2.05) is 0 Å². The first-order valence-electron chi connectivity index (χ1n) is 10.2. The molecule has 1 aliphatic rings. The van der Waals surface area contributed by atoms with Crippen molar-refractivity contribution < 1.29 is 28.6 Å². The van der Waals surface area contributed by atoms with E-state index in [2.05, 4.69) is 10.6 Å². The molecular weight excluding hydrogens is 431 g/mol. The normalized spacial score (nSPS) is 16.4. The Morgan fingerprint density at radius 1 is 1.27 bits per heavy atom. The van der Waals surface area contributed by atoms with E-state index in [0.717, 1.165) is 11.0 Å². The highest BCUT2D eigenvalue weighted by molar-refractivity contribution is 6.09. The standard InChI is InChI=1S/C23H23FN4O5/c1-13(2)20(21(30)26-18-8-3-14(12-25)11-17(18)24)28-22(31)19(27-23(28)32)15-4-6-16(7-5-15)33-10-9-29/h3-8,11,13,19-20,29H,9-10H2,1-2H3,(H,26,30)(H,27,32). The smallest absolute Gasteiger partial charge is 0.325 e. The van der Waals surface area contributed by atoms with Gasteiger partial charge in [0.25, 0.3) is 5.91 Å². The van der Waals surface area contributed by atoms with Crippen LogP contribution in [0.5, 0.6) is 5.75 Å². The topological polar surface area (TPSA) is 132 Å². The molecule has 1 fully saturated rings. The van der Waals surface area contributed by atoms with E-state index in [4.69, 9.17) is 15.1 Å². The summed E-state index contributed by atoms with van der Waals surface area (Å²) in [5.74, 6) is -2.12. The average Bonchev–Trinajstić information content (AvgIpc) is 3.08. The van der Waals surface area contributed by atoms with Gasteiger partial charge in [-0.1, -0.05) is 26.0 Å². The fourth-order valence-corrected chi connectivity index (χ4v) is 3.51. The maximum atomic E-state index is 14.2. The molecule has 0 aromatic heterocycles. The van der Waals surface area contributed by atoms with Crippen molar-refractivity contribution in [1.82, 2.24) is 10.2 Å². The van der Waals surface area contributed by atoms with E-state index in [1.54, 1.807) is 44.2 Å². The number of benzene rings is 2. The van der Waals surface area contributed by atoms with Crippen molar-refractivity contribution in [1.29, 1.82) is 5.26 Å². The summed E-state index contributed by atoms with van der Waals surface area (Å²) in [5.41, 5.74) is 0.426. The molecule has 1 heterocycles. The highest BCUT2D eigenvalue weighted by atomic mass is 19.1. The number of imide groups is 1. The molecule has 1 aliphatic heterocycles. The molecular formula is C23H23FN4O5. The predicted octanol–water partition coefficient (Wildman–Crippen LogP) is 2.32. The Morgan fingerprint density at radius 2 is 1.97 bits per heavy atom. The number of anilines is 1. The lowest BCUT2D eigenvalue weighted by atomic mass is 10.00. The van der Waals surface area contributed by atoms with Crippen LogP contribution in [0.15, 0.2) is 42.5 Å². The first kappa shape index (κ1) is 23.7. The summed E-state index contributed by atoms with van der Waals surface area (Å²) in [5, 5.41) is 22.7. The van der Waals surface area contributed by atoms with Gasteiger partial charge in [0, 0.05) is 0 Å². The van der Waals surface area contributed by atoms with Gasteiger partial charge in [-0.2, -0.15) is 5.26 Å². The lowest BCUT2D eigenvalue weighted by molar-refractivity contribution is -0.135. The van der Waals surface area contributed by atoms with Crippen molar-refractivity contribution in [2.75, 3.05) is 18.5 Å². The highest BCUT2D eigenvalue weighted by Gasteiger charge is 2.46. The highest BCUT2D eigenvalue weighted by Crippen LogP contribution is 2.28. The second-order valence-corrected chi connectivity index (χ2v) is 7.72. The minimum atomic E-state index is -1.19. The molecule has 0 spiro atoms. The fourth-order valence-electron chi connectivity index (χ4n) is 3.51. The lowest BCUT2D eigenvalue weighted by Crippen LogP contribution is -2.50. The monoisotopic (exact) mass is 454 g/mol. The Balaban J connectivity index is 1.80. The first-order valence-corrected chi connectivity index (χ1v) is 10.2. The van der Waals surface area contributed by atoms with Crippen LogP contribution in [0.4, 0.5) is 14.9 Å². The number of nitrogens with one attached hydrogen (secondary N) is 2. The number of nitrogens with zero attached hydrogens (tertiary/aromatic N) is 2. The third-order valence-electron chi connectivity index (χ3n) is 5.08. The number of hydrogen-bond donors (Lipinski definition) is 3. The van der Waals surface area contributed by atoms with Gasteiger partial charge in [0.15, 0.2) is 0 Å². The number of rotatable bonds is 8. The molecule has 3 N–H and O–H groups in total. The molecule has 0 radical (unpaired) electrons. The van der Waals surface area contributed by atoms with Gasteiger partial charge in [-0.15, -0.1) is 0 Å². The molecule has 0 saturated carbocycles. The maximum absolute atomic E-state index is 14.2. The van der Waals surface area contributed by atoms with Crippen LogP contribution in [-0.4, -0.2) is 47.1 Å². The summed E-state index contributed by atoms with van der Waals surface area (Å²) < 4.78 is 19.5. The van der Waals surface area contributed by atoms with Gasteiger partial charge in [-0.25, -0.2) is 14.1 Å². The van der Waals surface area contributed by atoms with Crippen molar-refractivity contribution in [3.05, 3.63) is 59.4 Å². The molecule has 172 valence electrons. The van der Waals surface area contributed by atoms with E-state index in [1.165, 1.54) is 12.1 Å². The molecule has 2 aromatic carbocycles. The summed E-state index contributed by atoms with van der Waals surface area (Å²) in [6.07, 6.45) is 0. The van der Waals surface area contributed by atoms with Gasteiger partial charge < -0.3 is 20.5 Å².